The zero-order valence-corrected chi connectivity index (χ0v) is 18.6. The molecule has 0 spiro atoms. The van der Waals surface area contributed by atoms with E-state index in [4.69, 9.17) is 9.47 Å². The lowest BCUT2D eigenvalue weighted by molar-refractivity contribution is -0.142. The highest BCUT2D eigenvalue weighted by Gasteiger charge is 2.25. The van der Waals surface area contributed by atoms with E-state index in [-0.39, 0.29) is 11.2 Å². The number of carbonyl (C=O) groups excluding carboxylic acids is 1. The van der Waals surface area contributed by atoms with Crippen LogP contribution in [0.25, 0.3) is 17.1 Å². The van der Waals surface area contributed by atoms with Crippen molar-refractivity contribution in [3.05, 3.63) is 54.1 Å². The van der Waals surface area contributed by atoms with Gasteiger partial charge in [-0.05, 0) is 56.2 Å². The number of ether oxygens (including phenoxy) is 2. The summed E-state index contributed by atoms with van der Waals surface area (Å²) < 4.78 is 12.6. The van der Waals surface area contributed by atoms with Crippen molar-refractivity contribution in [3.63, 3.8) is 0 Å². The third-order valence-corrected chi connectivity index (χ3v) is 5.87. The molecule has 2 aromatic carbocycles. The summed E-state index contributed by atoms with van der Waals surface area (Å²) in [6.07, 6.45) is 1.59. The second-order valence-electron chi connectivity index (χ2n) is 6.80. The zero-order chi connectivity index (χ0) is 21.5. The molecule has 0 aliphatic rings. The number of methoxy groups -OCH3 is 1. The standard InChI is InChI=1S/C23H27N3O3S/c1-5-9-20(22(27)29-6-2)30-23-25-24-21(17-12-14-18(28-4)15-13-17)26(23)19-11-8-7-10-16(19)3/h7-8,10-15,20H,5-6,9H2,1-4H3/t20-/m1/s1. The molecule has 0 fully saturated rings. The van der Waals surface area contributed by atoms with Gasteiger partial charge in [-0.3, -0.25) is 9.36 Å². The van der Waals surface area contributed by atoms with Crippen LogP contribution >= 0.6 is 11.8 Å². The smallest absolute Gasteiger partial charge is 0.319 e. The quantitative estimate of drug-likeness (QED) is 0.352. The minimum Gasteiger partial charge on any atom is -0.497 e. The number of thioether (sulfide) groups is 1. The summed E-state index contributed by atoms with van der Waals surface area (Å²) in [7, 11) is 1.64. The fourth-order valence-corrected chi connectivity index (χ4v) is 4.30. The van der Waals surface area contributed by atoms with Gasteiger partial charge >= 0.3 is 5.97 Å². The average Bonchev–Trinajstić information content (AvgIpc) is 3.17. The van der Waals surface area contributed by atoms with Crippen LogP contribution in [0.4, 0.5) is 0 Å². The van der Waals surface area contributed by atoms with E-state index in [1.54, 1.807) is 7.11 Å². The molecule has 0 radical (unpaired) electrons. The van der Waals surface area contributed by atoms with Crippen molar-refractivity contribution in [1.82, 2.24) is 14.8 Å². The highest BCUT2D eigenvalue weighted by Crippen LogP contribution is 2.33. The number of aryl methyl sites for hydroxylation is 1. The normalized spacial score (nSPS) is 11.9. The Morgan fingerprint density at radius 1 is 1.10 bits per heavy atom. The fourth-order valence-electron chi connectivity index (χ4n) is 3.15. The van der Waals surface area contributed by atoms with Crippen LogP contribution in [-0.2, 0) is 9.53 Å². The van der Waals surface area contributed by atoms with Gasteiger partial charge in [-0.15, -0.1) is 10.2 Å². The largest absolute Gasteiger partial charge is 0.497 e. The van der Waals surface area contributed by atoms with Crippen molar-refractivity contribution >= 4 is 17.7 Å². The van der Waals surface area contributed by atoms with Gasteiger partial charge in [-0.25, -0.2) is 0 Å². The van der Waals surface area contributed by atoms with E-state index < -0.39 is 0 Å². The molecule has 0 amide bonds. The Balaban J connectivity index is 2.08. The maximum absolute atomic E-state index is 12.5. The van der Waals surface area contributed by atoms with Gasteiger partial charge in [0, 0.05) is 5.56 Å². The van der Waals surface area contributed by atoms with Crippen LogP contribution in [0.1, 0.15) is 32.3 Å². The van der Waals surface area contributed by atoms with E-state index in [1.165, 1.54) is 11.8 Å². The van der Waals surface area contributed by atoms with E-state index in [0.29, 0.717) is 24.0 Å². The highest BCUT2D eigenvalue weighted by molar-refractivity contribution is 8.00. The molecule has 1 atom stereocenters. The Kier molecular flexibility index (Phi) is 7.52. The molecule has 1 heterocycles. The van der Waals surface area contributed by atoms with Gasteiger partial charge < -0.3 is 9.47 Å². The zero-order valence-electron chi connectivity index (χ0n) is 17.8. The Bertz CT molecular complexity index is 986. The number of carbonyl (C=O) groups is 1. The number of para-hydroxylation sites is 1. The minimum absolute atomic E-state index is 0.213. The summed E-state index contributed by atoms with van der Waals surface area (Å²) >= 11 is 1.40. The first-order chi connectivity index (χ1) is 14.6. The van der Waals surface area contributed by atoms with E-state index >= 15 is 0 Å². The second kappa shape index (κ2) is 10.3. The van der Waals surface area contributed by atoms with Crippen LogP contribution in [0, 0.1) is 6.92 Å². The van der Waals surface area contributed by atoms with Crippen molar-refractivity contribution in [2.45, 2.75) is 44.0 Å². The molecule has 0 unspecified atom stereocenters. The topological polar surface area (TPSA) is 66.2 Å². The Hall–Kier alpha value is -2.80. The number of esters is 1. The van der Waals surface area contributed by atoms with Crippen molar-refractivity contribution in [2.75, 3.05) is 13.7 Å². The number of nitrogens with zero attached hydrogens (tertiary/aromatic N) is 3. The number of rotatable bonds is 9. The Morgan fingerprint density at radius 2 is 1.83 bits per heavy atom. The van der Waals surface area contributed by atoms with Gasteiger partial charge in [0.2, 0.25) is 0 Å². The molecule has 3 rings (SSSR count). The molecule has 0 saturated carbocycles. The van der Waals surface area contributed by atoms with E-state index in [0.717, 1.165) is 29.0 Å². The molecule has 0 saturated heterocycles. The third kappa shape index (κ3) is 4.84. The lowest BCUT2D eigenvalue weighted by Crippen LogP contribution is -2.21. The summed E-state index contributed by atoms with van der Waals surface area (Å²) in [5, 5.41) is 9.27. The molecule has 158 valence electrons. The molecule has 6 nitrogen and oxygen atoms in total. The molecule has 30 heavy (non-hydrogen) atoms. The maximum atomic E-state index is 12.5. The number of aromatic nitrogens is 3. The van der Waals surface area contributed by atoms with Crippen LogP contribution in [0.5, 0.6) is 5.75 Å². The molecule has 1 aromatic heterocycles. The van der Waals surface area contributed by atoms with Crippen LogP contribution in [-0.4, -0.2) is 39.7 Å². The molecular formula is C23H27N3O3S. The highest BCUT2D eigenvalue weighted by atomic mass is 32.2. The maximum Gasteiger partial charge on any atom is 0.319 e. The number of hydrogen-bond acceptors (Lipinski definition) is 6. The summed E-state index contributed by atoms with van der Waals surface area (Å²) in [6.45, 7) is 6.29. The Labute approximate surface area is 181 Å². The Morgan fingerprint density at radius 3 is 2.47 bits per heavy atom. The monoisotopic (exact) mass is 425 g/mol. The van der Waals surface area contributed by atoms with E-state index in [1.807, 2.05) is 54.0 Å². The number of benzene rings is 2. The van der Waals surface area contributed by atoms with Crippen molar-refractivity contribution in [1.29, 1.82) is 0 Å². The first-order valence-electron chi connectivity index (χ1n) is 10.1. The van der Waals surface area contributed by atoms with Crippen molar-refractivity contribution < 1.29 is 14.3 Å². The van der Waals surface area contributed by atoms with Gasteiger partial charge in [-0.1, -0.05) is 43.3 Å². The average molecular weight is 426 g/mol. The lowest BCUT2D eigenvalue weighted by Gasteiger charge is -2.16. The van der Waals surface area contributed by atoms with Gasteiger partial charge in [0.15, 0.2) is 11.0 Å². The summed E-state index contributed by atoms with van der Waals surface area (Å²) in [6, 6.07) is 15.8. The molecule has 7 heteroatoms. The van der Waals surface area contributed by atoms with Gasteiger partial charge in [0.1, 0.15) is 11.0 Å². The van der Waals surface area contributed by atoms with E-state index in [2.05, 4.69) is 30.1 Å². The SMILES string of the molecule is CCC[C@@H](Sc1nnc(-c2ccc(OC)cc2)n1-c1ccccc1C)C(=O)OCC. The summed E-state index contributed by atoms with van der Waals surface area (Å²) in [5.74, 6) is 1.28. The molecule has 0 N–H and O–H groups in total. The fraction of sp³-hybridized carbons (Fsp3) is 0.348. The molecule has 0 bridgehead atoms. The first-order valence-corrected chi connectivity index (χ1v) is 11.0. The second-order valence-corrected chi connectivity index (χ2v) is 7.97. The van der Waals surface area contributed by atoms with Crippen molar-refractivity contribution in [3.8, 4) is 22.8 Å². The lowest BCUT2D eigenvalue weighted by atomic mass is 10.1. The predicted molar refractivity (Wildman–Crippen MR) is 119 cm³/mol. The van der Waals surface area contributed by atoms with Crippen molar-refractivity contribution in [2.24, 2.45) is 0 Å². The first kappa shape index (κ1) is 21.9. The summed E-state index contributed by atoms with van der Waals surface area (Å²) in [5.41, 5.74) is 2.99. The van der Waals surface area contributed by atoms with Crippen LogP contribution in [0.15, 0.2) is 53.7 Å². The predicted octanol–water partition coefficient (Wildman–Crippen LogP) is 5.08. The third-order valence-electron chi connectivity index (χ3n) is 4.69. The van der Waals surface area contributed by atoms with Crippen LogP contribution in [0.3, 0.4) is 0 Å². The van der Waals surface area contributed by atoms with Gasteiger partial charge in [-0.2, -0.15) is 0 Å². The van der Waals surface area contributed by atoms with Gasteiger partial charge in [0.25, 0.3) is 0 Å². The minimum atomic E-state index is -0.328. The number of hydrogen-bond donors (Lipinski definition) is 0. The molecular weight excluding hydrogens is 398 g/mol. The van der Waals surface area contributed by atoms with E-state index in [9.17, 15) is 4.79 Å². The molecule has 0 aliphatic carbocycles. The summed E-state index contributed by atoms with van der Waals surface area (Å²) in [4.78, 5) is 12.5. The van der Waals surface area contributed by atoms with Crippen LogP contribution in [0.2, 0.25) is 0 Å². The van der Waals surface area contributed by atoms with Gasteiger partial charge in [0.05, 0.1) is 19.4 Å². The van der Waals surface area contributed by atoms with Crippen LogP contribution < -0.4 is 4.74 Å². The molecule has 0 aliphatic heterocycles. The molecule has 3 aromatic rings.